The summed E-state index contributed by atoms with van der Waals surface area (Å²) in [5.41, 5.74) is 0. The van der Waals surface area contributed by atoms with E-state index in [-0.39, 0.29) is 5.78 Å². The van der Waals surface area contributed by atoms with Gasteiger partial charge < -0.3 is 5.32 Å². The minimum absolute atomic E-state index is 0.206. The Morgan fingerprint density at radius 3 is 2.25 bits per heavy atom. The molecular formula is C5H8NO2. The molecule has 0 aliphatic carbocycles. The van der Waals surface area contributed by atoms with Gasteiger partial charge in [0.15, 0.2) is 5.78 Å². The van der Waals surface area contributed by atoms with E-state index in [0.717, 1.165) is 0 Å². The van der Waals surface area contributed by atoms with Gasteiger partial charge in [0.2, 0.25) is 6.29 Å². The molecule has 3 heteroatoms. The highest BCUT2D eigenvalue weighted by Gasteiger charge is 2.08. The monoisotopic (exact) mass is 114 g/mol. The van der Waals surface area contributed by atoms with Gasteiger partial charge in [-0.3, -0.25) is 9.59 Å². The van der Waals surface area contributed by atoms with E-state index in [1.165, 1.54) is 14.0 Å². The third kappa shape index (κ3) is 1.84. The maximum atomic E-state index is 10.3. The van der Waals surface area contributed by atoms with Crippen molar-refractivity contribution in [1.82, 2.24) is 5.32 Å². The number of ketones is 1. The van der Waals surface area contributed by atoms with Crippen molar-refractivity contribution in [2.75, 3.05) is 7.05 Å². The minimum atomic E-state index is -0.741. The van der Waals surface area contributed by atoms with Crippen molar-refractivity contribution in [3.8, 4) is 0 Å². The molecule has 0 aromatic heterocycles. The van der Waals surface area contributed by atoms with Crippen LogP contribution in [0.15, 0.2) is 0 Å². The van der Waals surface area contributed by atoms with Crippen LogP contribution in [-0.4, -0.2) is 25.2 Å². The van der Waals surface area contributed by atoms with Crippen LogP contribution >= 0.6 is 0 Å². The van der Waals surface area contributed by atoms with E-state index in [1.807, 2.05) is 0 Å². The highest BCUT2D eigenvalue weighted by molar-refractivity contribution is 5.95. The number of carbonyl (C=O) groups excluding carboxylic acids is 2. The SMILES string of the molecule is CNC([C]=O)C(C)=O. The van der Waals surface area contributed by atoms with Crippen molar-refractivity contribution in [2.24, 2.45) is 0 Å². The molecule has 0 aliphatic rings. The summed E-state index contributed by atoms with van der Waals surface area (Å²) in [6.45, 7) is 1.34. The Morgan fingerprint density at radius 2 is 2.25 bits per heavy atom. The molecule has 1 unspecified atom stereocenters. The molecule has 1 N–H and O–H groups in total. The zero-order valence-electron chi connectivity index (χ0n) is 4.89. The number of carbonyl (C=O) groups is 1. The number of hydrogen-bond acceptors (Lipinski definition) is 3. The second kappa shape index (κ2) is 3.32. The predicted octanol–water partition coefficient (Wildman–Crippen LogP) is -0.727. The average molecular weight is 114 g/mol. The smallest absolute Gasteiger partial charge is 0.224 e. The van der Waals surface area contributed by atoms with Gasteiger partial charge in [0.05, 0.1) is 0 Å². The molecule has 1 atom stereocenters. The molecule has 3 nitrogen and oxygen atoms in total. The van der Waals surface area contributed by atoms with Crippen LogP contribution in [0.5, 0.6) is 0 Å². The number of nitrogens with one attached hydrogen (secondary N) is 1. The van der Waals surface area contributed by atoms with Gasteiger partial charge in [-0.15, -0.1) is 0 Å². The number of Topliss-reactive ketones (excluding diaryl/α,β-unsaturated/α-hetero) is 1. The molecule has 0 spiro atoms. The van der Waals surface area contributed by atoms with Crippen molar-refractivity contribution in [2.45, 2.75) is 13.0 Å². The second-order valence-electron chi connectivity index (χ2n) is 1.45. The predicted molar refractivity (Wildman–Crippen MR) is 29.2 cm³/mol. The fraction of sp³-hybridized carbons (Fsp3) is 0.600. The normalized spacial score (nSPS) is 12.8. The maximum Gasteiger partial charge on any atom is 0.224 e. The van der Waals surface area contributed by atoms with Crippen molar-refractivity contribution in [1.29, 1.82) is 0 Å². The summed E-state index contributed by atoms with van der Waals surface area (Å²) in [5, 5.41) is 2.48. The van der Waals surface area contributed by atoms with Crippen molar-refractivity contribution in [3.05, 3.63) is 0 Å². The summed E-state index contributed by atoms with van der Waals surface area (Å²) >= 11 is 0. The van der Waals surface area contributed by atoms with Crippen molar-refractivity contribution in [3.63, 3.8) is 0 Å². The first-order valence-corrected chi connectivity index (χ1v) is 2.27. The van der Waals surface area contributed by atoms with E-state index < -0.39 is 6.04 Å². The first kappa shape index (κ1) is 7.30. The summed E-state index contributed by atoms with van der Waals surface area (Å²) in [7, 11) is 1.54. The summed E-state index contributed by atoms with van der Waals surface area (Å²) < 4.78 is 0. The molecule has 45 valence electrons. The number of hydrogen-bond donors (Lipinski definition) is 1. The third-order valence-corrected chi connectivity index (χ3v) is 0.813. The van der Waals surface area contributed by atoms with Crippen LogP contribution in [0.2, 0.25) is 0 Å². The van der Waals surface area contributed by atoms with E-state index >= 15 is 0 Å². The fourth-order valence-corrected chi connectivity index (χ4v) is 0.345. The Labute approximate surface area is 48.1 Å². The molecule has 8 heavy (non-hydrogen) atoms. The zero-order valence-corrected chi connectivity index (χ0v) is 4.89. The Hall–Kier alpha value is -0.700. The molecule has 0 saturated carbocycles. The molecule has 0 saturated heterocycles. The standard InChI is InChI=1S/C5H8NO2/c1-4(8)5(3-7)6-2/h5-6H,1-2H3. The molecule has 0 bridgehead atoms. The molecule has 0 fully saturated rings. The Balaban J connectivity index is 3.69. The molecule has 0 rings (SSSR count). The topological polar surface area (TPSA) is 46.2 Å². The van der Waals surface area contributed by atoms with E-state index in [2.05, 4.69) is 5.32 Å². The van der Waals surface area contributed by atoms with Gasteiger partial charge in [0.25, 0.3) is 0 Å². The third-order valence-electron chi connectivity index (χ3n) is 0.813. The van der Waals surface area contributed by atoms with Gasteiger partial charge in [0.1, 0.15) is 6.04 Å². The van der Waals surface area contributed by atoms with Crippen molar-refractivity contribution < 1.29 is 9.59 Å². The lowest BCUT2D eigenvalue weighted by atomic mass is 10.2. The average Bonchev–Trinajstić information content (AvgIpc) is 1.69. The van der Waals surface area contributed by atoms with Gasteiger partial charge in [0, 0.05) is 0 Å². The summed E-state index contributed by atoms with van der Waals surface area (Å²) in [6, 6.07) is -0.741. The van der Waals surface area contributed by atoms with Gasteiger partial charge in [-0.2, -0.15) is 0 Å². The Kier molecular flexibility index (Phi) is 3.03. The van der Waals surface area contributed by atoms with Crippen LogP contribution in [0.25, 0.3) is 0 Å². The molecule has 0 aromatic rings. The van der Waals surface area contributed by atoms with Crippen molar-refractivity contribution >= 4 is 12.1 Å². The fourth-order valence-electron chi connectivity index (χ4n) is 0.345. The first-order valence-electron chi connectivity index (χ1n) is 2.27. The summed E-state index contributed by atoms with van der Waals surface area (Å²) in [4.78, 5) is 20.1. The summed E-state index contributed by atoms with van der Waals surface area (Å²) in [6.07, 6.45) is 1.54. The highest BCUT2D eigenvalue weighted by Crippen LogP contribution is 1.75. The largest absolute Gasteiger partial charge is 0.304 e. The van der Waals surface area contributed by atoms with E-state index in [1.54, 1.807) is 6.29 Å². The van der Waals surface area contributed by atoms with Crippen LogP contribution in [0.1, 0.15) is 6.92 Å². The highest BCUT2D eigenvalue weighted by atomic mass is 16.1. The molecule has 0 aromatic carbocycles. The Morgan fingerprint density at radius 1 is 1.75 bits per heavy atom. The van der Waals surface area contributed by atoms with Gasteiger partial charge >= 0.3 is 0 Å². The van der Waals surface area contributed by atoms with Gasteiger partial charge in [-0.05, 0) is 14.0 Å². The lowest BCUT2D eigenvalue weighted by Gasteiger charge is -1.99. The number of likely N-dealkylation sites (N-methyl/N-ethyl adjacent to an activating group) is 1. The molecule has 0 heterocycles. The molecule has 0 amide bonds. The first-order chi connectivity index (χ1) is 3.72. The van der Waals surface area contributed by atoms with E-state index in [9.17, 15) is 9.59 Å². The second-order valence-corrected chi connectivity index (χ2v) is 1.45. The zero-order chi connectivity index (χ0) is 6.57. The van der Waals surface area contributed by atoms with E-state index in [0.29, 0.717) is 0 Å². The van der Waals surface area contributed by atoms with Crippen LogP contribution in [0, 0.1) is 0 Å². The van der Waals surface area contributed by atoms with Crippen LogP contribution in [-0.2, 0) is 9.59 Å². The van der Waals surface area contributed by atoms with Crippen LogP contribution in [0.4, 0.5) is 0 Å². The maximum absolute atomic E-state index is 10.3. The molecule has 1 radical (unpaired) electrons. The minimum Gasteiger partial charge on any atom is -0.304 e. The van der Waals surface area contributed by atoms with Gasteiger partial charge in [-0.25, -0.2) is 0 Å². The molecular weight excluding hydrogens is 106 g/mol. The number of rotatable bonds is 3. The lowest BCUT2D eigenvalue weighted by Crippen LogP contribution is -2.33. The van der Waals surface area contributed by atoms with Gasteiger partial charge in [-0.1, -0.05) is 0 Å². The Bertz CT molecular complexity index is 101. The summed E-state index contributed by atoms with van der Waals surface area (Å²) in [5.74, 6) is -0.206. The van der Waals surface area contributed by atoms with E-state index in [4.69, 9.17) is 0 Å². The quantitative estimate of drug-likeness (QED) is 0.492. The lowest BCUT2D eigenvalue weighted by molar-refractivity contribution is -0.117. The van der Waals surface area contributed by atoms with Crippen LogP contribution in [0.3, 0.4) is 0 Å². The van der Waals surface area contributed by atoms with Crippen LogP contribution < -0.4 is 5.32 Å². The molecule has 0 aliphatic heterocycles.